The minimum absolute atomic E-state index is 0. The Morgan fingerprint density at radius 1 is 1.50 bits per heavy atom. The first-order chi connectivity index (χ1) is 8.16. The summed E-state index contributed by atoms with van der Waals surface area (Å²) in [5, 5.41) is 0. The van der Waals surface area contributed by atoms with E-state index in [1.807, 2.05) is 13.0 Å². The molecule has 2 N–H and O–H groups in total. The predicted octanol–water partition coefficient (Wildman–Crippen LogP) is 2.75. The van der Waals surface area contributed by atoms with Crippen LogP contribution in [0.4, 0.5) is 0 Å². The smallest absolute Gasteiger partial charge is 0.191 e. The van der Waals surface area contributed by atoms with E-state index in [9.17, 15) is 0 Å². The lowest BCUT2D eigenvalue weighted by molar-refractivity contribution is 0.277. The number of nitrogens with zero attached hydrogens (tertiary/aromatic N) is 2. The van der Waals surface area contributed by atoms with Gasteiger partial charge >= 0.3 is 0 Å². The number of rotatable bonds is 2. The molecule has 2 rings (SSSR count). The van der Waals surface area contributed by atoms with Crippen molar-refractivity contribution in [3.63, 3.8) is 0 Å². The van der Waals surface area contributed by atoms with Gasteiger partial charge in [-0.05, 0) is 37.3 Å². The second-order valence-electron chi connectivity index (χ2n) is 4.87. The van der Waals surface area contributed by atoms with Crippen molar-refractivity contribution in [3.05, 3.63) is 23.7 Å². The Bertz CT molecular complexity index is 395. The lowest BCUT2D eigenvalue weighted by atomic mass is 10.00. The topological polar surface area (TPSA) is 54.8 Å². The molecule has 2 heterocycles. The van der Waals surface area contributed by atoms with Gasteiger partial charge in [0, 0.05) is 13.1 Å². The van der Waals surface area contributed by atoms with Crippen molar-refractivity contribution in [1.29, 1.82) is 0 Å². The van der Waals surface area contributed by atoms with Gasteiger partial charge in [-0.3, -0.25) is 0 Å². The fourth-order valence-corrected chi connectivity index (χ4v) is 2.06. The third kappa shape index (κ3) is 3.90. The summed E-state index contributed by atoms with van der Waals surface area (Å²) in [4.78, 5) is 6.57. The molecule has 1 aromatic heterocycles. The number of nitrogens with two attached hydrogens (primary N) is 1. The summed E-state index contributed by atoms with van der Waals surface area (Å²) in [5.41, 5.74) is 7.13. The Morgan fingerprint density at radius 3 is 2.72 bits per heavy atom. The third-order valence-corrected chi connectivity index (χ3v) is 3.46. The molecule has 0 bridgehead atoms. The van der Waals surface area contributed by atoms with Gasteiger partial charge in [-0.1, -0.05) is 6.92 Å². The minimum atomic E-state index is 0. The van der Waals surface area contributed by atoms with Crippen LogP contribution in [0.5, 0.6) is 0 Å². The fraction of sp³-hybridized carbons (Fsp3) is 0.615. The van der Waals surface area contributed by atoms with Gasteiger partial charge in [0.05, 0.1) is 6.26 Å². The first kappa shape index (κ1) is 15.3. The number of aliphatic imine (C=N–C) groups is 1. The molecule has 5 heteroatoms. The number of furan rings is 1. The summed E-state index contributed by atoms with van der Waals surface area (Å²) < 4.78 is 5.34. The van der Waals surface area contributed by atoms with E-state index in [1.54, 1.807) is 6.26 Å². The van der Waals surface area contributed by atoms with Crippen LogP contribution >= 0.6 is 24.0 Å². The van der Waals surface area contributed by atoms with Gasteiger partial charge in [0.15, 0.2) is 5.96 Å². The van der Waals surface area contributed by atoms with E-state index in [-0.39, 0.29) is 24.0 Å². The Morgan fingerprint density at radius 2 is 2.17 bits per heavy atom. The molecule has 0 aromatic carbocycles. The average Bonchev–Trinajstić information content (AvgIpc) is 2.73. The van der Waals surface area contributed by atoms with Crippen molar-refractivity contribution in [1.82, 2.24) is 4.90 Å². The fourth-order valence-electron chi connectivity index (χ4n) is 2.06. The lowest BCUT2D eigenvalue weighted by Crippen LogP contribution is -2.42. The zero-order valence-electron chi connectivity index (χ0n) is 11.1. The summed E-state index contributed by atoms with van der Waals surface area (Å²) in [5.74, 6) is 2.36. The van der Waals surface area contributed by atoms with Gasteiger partial charge in [-0.15, -0.1) is 24.0 Å². The number of hydrogen-bond donors (Lipinski definition) is 1. The molecule has 1 aliphatic rings. The maximum atomic E-state index is 5.99. The molecule has 0 atom stereocenters. The first-order valence-corrected chi connectivity index (χ1v) is 6.24. The summed E-state index contributed by atoms with van der Waals surface area (Å²) in [6, 6.07) is 1.95. The number of piperidine rings is 1. The zero-order chi connectivity index (χ0) is 12.3. The maximum Gasteiger partial charge on any atom is 0.191 e. The standard InChI is InChI=1S/C13H21N3O.HI/c1-10-3-6-16(7-4-10)13(14)15-9-12-11(2)5-8-17-12;/h5,8,10H,3-4,6-7,9H2,1-2H3,(H2,14,15);1H. The molecule has 0 saturated carbocycles. The molecular weight excluding hydrogens is 341 g/mol. The van der Waals surface area contributed by atoms with Gasteiger partial charge in [-0.2, -0.15) is 0 Å². The average molecular weight is 363 g/mol. The Hall–Kier alpha value is -0.720. The highest BCUT2D eigenvalue weighted by Gasteiger charge is 2.16. The van der Waals surface area contributed by atoms with Crippen LogP contribution in [0.15, 0.2) is 21.7 Å². The van der Waals surface area contributed by atoms with Crippen molar-refractivity contribution >= 4 is 29.9 Å². The highest BCUT2D eigenvalue weighted by molar-refractivity contribution is 14.0. The number of halogens is 1. The number of hydrogen-bond acceptors (Lipinski definition) is 2. The Kier molecular flexibility index (Phi) is 5.98. The van der Waals surface area contributed by atoms with Gasteiger partial charge in [0.1, 0.15) is 12.3 Å². The van der Waals surface area contributed by atoms with Gasteiger partial charge in [0.2, 0.25) is 0 Å². The van der Waals surface area contributed by atoms with E-state index in [0.29, 0.717) is 12.5 Å². The van der Waals surface area contributed by atoms with E-state index in [0.717, 1.165) is 30.3 Å². The molecule has 18 heavy (non-hydrogen) atoms. The van der Waals surface area contributed by atoms with Crippen molar-refractivity contribution in [3.8, 4) is 0 Å². The van der Waals surface area contributed by atoms with Crippen LogP contribution in [-0.4, -0.2) is 23.9 Å². The molecule has 1 fully saturated rings. The molecule has 1 aliphatic heterocycles. The lowest BCUT2D eigenvalue weighted by Gasteiger charge is -2.30. The van der Waals surface area contributed by atoms with E-state index >= 15 is 0 Å². The predicted molar refractivity (Wildman–Crippen MR) is 84.2 cm³/mol. The molecule has 1 saturated heterocycles. The van der Waals surface area contributed by atoms with Gasteiger partial charge < -0.3 is 15.1 Å². The van der Waals surface area contributed by atoms with Crippen molar-refractivity contribution in [2.75, 3.05) is 13.1 Å². The first-order valence-electron chi connectivity index (χ1n) is 6.24. The number of guanidine groups is 1. The molecule has 1 aromatic rings. The van der Waals surface area contributed by atoms with E-state index in [2.05, 4.69) is 16.8 Å². The maximum absolute atomic E-state index is 5.99. The molecule has 4 nitrogen and oxygen atoms in total. The molecule has 0 aliphatic carbocycles. The Balaban J connectivity index is 0.00000162. The van der Waals surface area contributed by atoms with Crippen LogP contribution in [0.2, 0.25) is 0 Å². The van der Waals surface area contributed by atoms with Crippen LogP contribution in [0.25, 0.3) is 0 Å². The number of aryl methyl sites for hydroxylation is 1. The van der Waals surface area contributed by atoms with Crippen LogP contribution < -0.4 is 5.73 Å². The van der Waals surface area contributed by atoms with Gasteiger partial charge in [0.25, 0.3) is 0 Å². The molecular formula is C13H22IN3O. The highest BCUT2D eigenvalue weighted by Crippen LogP contribution is 2.16. The second kappa shape index (κ2) is 7.01. The van der Waals surface area contributed by atoms with Crippen molar-refractivity contribution < 1.29 is 4.42 Å². The van der Waals surface area contributed by atoms with Crippen molar-refractivity contribution in [2.45, 2.75) is 33.2 Å². The molecule has 0 amide bonds. The normalized spacial score (nSPS) is 17.7. The van der Waals surface area contributed by atoms with E-state index < -0.39 is 0 Å². The molecule has 0 radical (unpaired) electrons. The molecule has 102 valence electrons. The highest BCUT2D eigenvalue weighted by atomic mass is 127. The summed E-state index contributed by atoms with van der Waals surface area (Å²) in [6.07, 6.45) is 4.10. The summed E-state index contributed by atoms with van der Waals surface area (Å²) in [6.45, 7) is 6.89. The van der Waals surface area contributed by atoms with Gasteiger partial charge in [-0.25, -0.2) is 4.99 Å². The Labute approximate surface area is 126 Å². The zero-order valence-corrected chi connectivity index (χ0v) is 13.4. The SMILES string of the molecule is Cc1ccoc1CN=C(N)N1CCC(C)CC1.I. The second-order valence-corrected chi connectivity index (χ2v) is 4.87. The van der Waals surface area contributed by atoms with Crippen molar-refractivity contribution in [2.24, 2.45) is 16.6 Å². The van der Waals surface area contributed by atoms with Crippen LogP contribution in [-0.2, 0) is 6.54 Å². The summed E-state index contributed by atoms with van der Waals surface area (Å²) in [7, 11) is 0. The monoisotopic (exact) mass is 363 g/mol. The third-order valence-electron chi connectivity index (χ3n) is 3.46. The van der Waals surface area contributed by atoms with Crippen LogP contribution in [0.3, 0.4) is 0 Å². The summed E-state index contributed by atoms with van der Waals surface area (Å²) >= 11 is 0. The minimum Gasteiger partial charge on any atom is -0.467 e. The quantitative estimate of drug-likeness (QED) is 0.500. The van der Waals surface area contributed by atoms with Crippen LogP contribution in [0, 0.1) is 12.8 Å². The van der Waals surface area contributed by atoms with E-state index in [4.69, 9.17) is 10.2 Å². The number of likely N-dealkylation sites (tertiary alicyclic amines) is 1. The molecule has 0 spiro atoms. The van der Waals surface area contributed by atoms with E-state index in [1.165, 1.54) is 12.8 Å². The molecule has 0 unspecified atom stereocenters. The largest absolute Gasteiger partial charge is 0.467 e. The van der Waals surface area contributed by atoms with Crippen LogP contribution in [0.1, 0.15) is 31.1 Å².